The van der Waals surface area contributed by atoms with Crippen LogP contribution in [0.3, 0.4) is 0 Å². The Labute approximate surface area is 158 Å². The Kier molecular flexibility index (Phi) is 5.46. The number of anilines is 1. The van der Waals surface area contributed by atoms with Crippen LogP contribution in [0.4, 0.5) is 9.93 Å². The molecule has 26 heavy (non-hydrogen) atoms. The van der Waals surface area contributed by atoms with Gasteiger partial charge in [-0.2, -0.15) is 0 Å². The summed E-state index contributed by atoms with van der Waals surface area (Å²) in [6.07, 6.45) is 1.32. The third-order valence-electron chi connectivity index (χ3n) is 4.11. The summed E-state index contributed by atoms with van der Waals surface area (Å²) in [7, 11) is 0. The lowest BCUT2D eigenvalue weighted by Gasteiger charge is -2.21. The van der Waals surface area contributed by atoms with E-state index in [9.17, 15) is 4.79 Å². The lowest BCUT2D eigenvalue weighted by atomic mass is 10.1. The quantitative estimate of drug-likeness (QED) is 0.887. The lowest BCUT2D eigenvalue weighted by Crippen LogP contribution is -2.40. The molecule has 1 aliphatic heterocycles. The second kappa shape index (κ2) is 7.61. The molecule has 0 unspecified atom stereocenters. The van der Waals surface area contributed by atoms with E-state index in [2.05, 4.69) is 51.6 Å². The molecular formula is C19H26N4O2S. The van der Waals surface area contributed by atoms with Gasteiger partial charge in [-0.15, -0.1) is 10.2 Å². The van der Waals surface area contributed by atoms with Crippen molar-refractivity contribution in [3.63, 3.8) is 0 Å². The van der Waals surface area contributed by atoms with Gasteiger partial charge >= 0.3 is 6.09 Å². The van der Waals surface area contributed by atoms with Gasteiger partial charge in [0.2, 0.25) is 5.13 Å². The first-order chi connectivity index (χ1) is 12.3. The Morgan fingerprint density at radius 2 is 2.04 bits per heavy atom. The van der Waals surface area contributed by atoms with Gasteiger partial charge in [0.15, 0.2) is 0 Å². The Balaban J connectivity index is 1.53. The summed E-state index contributed by atoms with van der Waals surface area (Å²) >= 11 is 1.62. The van der Waals surface area contributed by atoms with Gasteiger partial charge in [-0.05, 0) is 39.7 Å². The molecule has 2 aromatic rings. The molecule has 1 N–H and O–H groups in total. The number of hydrogen-bond donors (Lipinski definition) is 1. The van der Waals surface area contributed by atoms with Crippen LogP contribution in [-0.2, 0) is 11.2 Å². The molecule has 1 saturated heterocycles. The zero-order valence-corrected chi connectivity index (χ0v) is 16.6. The van der Waals surface area contributed by atoms with Crippen molar-refractivity contribution in [2.24, 2.45) is 0 Å². The van der Waals surface area contributed by atoms with Gasteiger partial charge in [-0.25, -0.2) is 4.79 Å². The molecule has 1 amide bonds. The molecule has 0 spiro atoms. The van der Waals surface area contributed by atoms with E-state index in [0.29, 0.717) is 0 Å². The van der Waals surface area contributed by atoms with Gasteiger partial charge in [-0.3, -0.25) is 0 Å². The Hall–Kier alpha value is -2.15. The van der Waals surface area contributed by atoms with Crippen LogP contribution in [0.25, 0.3) is 0 Å². The van der Waals surface area contributed by atoms with Crippen molar-refractivity contribution in [1.29, 1.82) is 0 Å². The molecule has 0 aliphatic carbocycles. The van der Waals surface area contributed by atoms with E-state index >= 15 is 0 Å². The molecular weight excluding hydrogens is 348 g/mol. The van der Waals surface area contributed by atoms with Crippen molar-refractivity contribution in [2.75, 3.05) is 18.0 Å². The fraction of sp³-hybridized carbons (Fsp3) is 0.526. The van der Waals surface area contributed by atoms with E-state index in [1.807, 2.05) is 20.8 Å². The molecule has 7 heteroatoms. The maximum atomic E-state index is 11.9. The third-order valence-corrected chi connectivity index (χ3v) is 5.10. The smallest absolute Gasteiger partial charge is 0.407 e. The fourth-order valence-electron chi connectivity index (χ4n) is 2.85. The lowest BCUT2D eigenvalue weighted by molar-refractivity contribution is 0.0509. The standard InChI is InChI=1S/C19H26N4O2S/c1-13-5-7-14(8-6-13)11-16-21-22-17(26-16)23-10-9-15(12-23)20-18(24)25-19(2,3)4/h5-8,15H,9-12H2,1-4H3,(H,20,24)/t15-/m0/s1. The van der Waals surface area contributed by atoms with Gasteiger partial charge in [-0.1, -0.05) is 41.2 Å². The number of benzene rings is 1. The van der Waals surface area contributed by atoms with Crippen molar-refractivity contribution in [2.45, 2.75) is 52.2 Å². The molecule has 0 radical (unpaired) electrons. The summed E-state index contributed by atoms with van der Waals surface area (Å²) in [4.78, 5) is 14.1. The minimum atomic E-state index is -0.480. The minimum absolute atomic E-state index is 0.0781. The van der Waals surface area contributed by atoms with Gasteiger partial charge in [0, 0.05) is 19.5 Å². The average Bonchev–Trinajstić information content (AvgIpc) is 3.17. The van der Waals surface area contributed by atoms with Crippen LogP contribution in [0.2, 0.25) is 0 Å². The summed E-state index contributed by atoms with van der Waals surface area (Å²) in [5, 5.41) is 13.5. The predicted molar refractivity (Wildman–Crippen MR) is 104 cm³/mol. The maximum Gasteiger partial charge on any atom is 0.407 e. The predicted octanol–water partition coefficient (Wildman–Crippen LogP) is 3.54. The fourth-order valence-corrected chi connectivity index (χ4v) is 3.76. The molecule has 6 nitrogen and oxygen atoms in total. The zero-order valence-electron chi connectivity index (χ0n) is 15.8. The average molecular weight is 375 g/mol. The highest BCUT2D eigenvalue weighted by Gasteiger charge is 2.28. The highest BCUT2D eigenvalue weighted by Crippen LogP contribution is 2.26. The number of ether oxygens (including phenoxy) is 1. The molecule has 3 rings (SSSR count). The molecule has 1 aliphatic rings. The van der Waals surface area contributed by atoms with Crippen LogP contribution < -0.4 is 10.2 Å². The number of nitrogens with zero attached hydrogens (tertiary/aromatic N) is 3. The first-order valence-electron chi connectivity index (χ1n) is 8.91. The van der Waals surface area contributed by atoms with Crippen molar-refractivity contribution in [3.05, 3.63) is 40.4 Å². The topological polar surface area (TPSA) is 67.4 Å². The van der Waals surface area contributed by atoms with Crippen LogP contribution in [-0.4, -0.2) is 41.0 Å². The van der Waals surface area contributed by atoms with Crippen molar-refractivity contribution < 1.29 is 9.53 Å². The van der Waals surface area contributed by atoms with E-state index in [1.165, 1.54) is 11.1 Å². The van der Waals surface area contributed by atoms with Crippen molar-refractivity contribution in [1.82, 2.24) is 15.5 Å². The van der Waals surface area contributed by atoms with E-state index < -0.39 is 5.60 Å². The molecule has 1 aromatic carbocycles. The largest absolute Gasteiger partial charge is 0.444 e. The van der Waals surface area contributed by atoms with E-state index in [1.54, 1.807) is 11.3 Å². The Bertz CT molecular complexity index is 752. The highest BCUT2D eigenvalue weighted by molar-refractivity contribution is 7.15. The summed E-state index contributed by atoms with van der Waals surface area (Å²) < 4.78 is 5.33. The van der Waals surface area contributed by atoms with E-state index in [4.69, 9.17) is 4.74 Å². The molecule has 1 fully saturated rings. The SMILES string of the molecule is Cc1ccc(Cc2nnc(N3CC[C@H](NC(=O)OC(C)(C)C)C3)s2)cc1. The van der Waals surface area contributed by atoms with Gasteiger partial charge in [0.25, 0.3) is 0 Å². The van der Waals surface area contributed by atoms with Crippen LogP contribution in [0, 0.1) is 6.92 Å². The van der Waals surface area contributed by atoms with Crippen molar-refractivity contribution >= 4 is 22.6 Å². The minimum Gasteiger partial charge on any atom is -0.444 e. The van der Waals surface area contributed by atoms with Gasteiger partial charge in [0.1, 0.15) is 10.6 Å². The van der Waals surface area contributed by atoms with Gasteiger partial charge < -0.3 is 15.0 Å². The molecule has 140 valence electrons. The molecule has 0 saturated carbocycles. The molecule has 1 aromatic heterocycles. The second-order valence-electron chi connectivity index (χ2n) is 7.72. The number of aryl methyl sites for hydroxylation is 1. The van der Waals surface area contributed by atoms with Crippen LogP contribution in [0.1, 0.15) is 43.3 Å². The number of alkyl carbamates (subject to hydrolysis) is 1. The number of carbonyl (C=O) groups is 1. The molecule has 2 heterocycles. The number of amides is 1. The second-order valence-corrected chi connectivity index (χ2v) is 8.76. The van der Waals surface area contributed by atoms with Crippen LogP contribution in [0.15, 0.2) is 24.3 Å². The van der Waals surface area contributed by atoms with E-state index in [0.717, 1.165) is 36.1 Å². The number of rotatable bonds is 4. The van der Waals surface area contributed by atoms with E-state index in [-0.39, 0.29) is 12.1 Å². The number of hydrogen-bond acceptors (Lipinski definition) is 6. The Morgan fingerprint density at radius 1 is 1.31 bits per heavy atom. The van der Waals surface area contributed by atoms with Crippen molar-refractivity contribution in [3.8, 4) is 0 Å². The first kappa shape index (κ1) is 18.6. The number of carbonyl (C=O) groups excluding carboxylic acids is 1. The third kappa shape index (κ3) is 5.17. The first-order valence-corrected chi connectivity index (χ1v) is 9.72. The Morgan fingerprint density at radius 3 is 2.73 bits per heavy atom. The monoisotopic (exact) mass is 374 g/mol. The summed E-state index contributed by atoms with van der Waals surface area (Å²) in [6, 6.07) is 8.57. The van der Waals surface area contributed by atoms with Crippen LogP contribution in [0.5, 0.6) is 0 Å². The number of nitrogens with one attached hydrogen (secondary N) is 1. The molecule has 1 atom stereocenters. The maximum absolute atomic E-state index is 11.9. The van der Waals surface area contributed by atoms with Gasteiger partial charge in [0.05, 0.1) is 6.04 Å². The highest BCUT2D eigenvalue weighted by atomic mass is 32.1. The normalized spacial score (nSPS) is 17.4. The molecule has 0 bridgehead atoms. The number of aromatic nitrogens is 2. The van der Waals surface area contributed by atoms with Crippen LogP contribution >= 0.6 is 11.3 Å². The zero-order chi connectivity index (χ0) is 18.7. The summed E-state index contributed by atoms with van der Waals surface area (Å²) in [5.74, 6) is 0. The summed E-state index contributed by atoms with van der Waals surface area (Å²) in [6.45, 7) is 9.28. The summed E-state index contributed by atoms with van der Waals surface area (Å²) in [5.41, 5.74) is 2.02.